The number of methoxy groups -OCH3 is 1. The molecule has 6 nitrogen and oxygen atoms in total. The fraction of sp³-hybridized carbons (Fsp3) is 0.0769. The Morgan fingerprint density at radius 3 is 3.00 bits per heavy atom. The number of nitrogens with one attached hydrogen (secondary N) is 2. The summed E-state index contributed by atoms with van der Waals surface area (Å²) in [6.45, 7) is 0. The van der Waals surface area contributed by atoms with Gasteiger partial charge in [0, 0.05) is 22.7 Å². The lowest BCUT2D eigenvalue weighted by atomic mass is 10.1. The summed E-state index contributed by atoms with van der Waals surface area (Å²) in [5.41, 5.74) is 2.28. The first-order chi connectivity index (χ1) is 9.20. The Hall–Kier alpha value is -2.76. The molecular formula is C13H11N3O3. The highest BCUT2D eigenvalue weighted by Crippen LogP contribution is 2.31. The van der Waals surface area contributed by atoms with Crippen LogP contribution >= 0.6 is 0 Å². The van der Waals surface area contributed by atoms with Crippen LogP contribution in [0.15, 0.2) is 30.6 Å². The van der Waals surface area contributed by atoms with Crippen molar-refractivity contribution in [2.24, 2.45) is 0 Å². The molecule has 0 aliphatic carbocycles. The van der Waals surface area contributed by atoms with E-state index in [2.05, 4.69) is 15.2 Å². The Balaban J connectivity index is 2.24. The zero-order valence-corrected chi connectivity index (χ0v) is 10.1. The Morgan fingerprint density at radius 1 is 1.42 bits per heavy atom. The number of ether oxygens (including phenoxy) is 1. The molecule has 0 saturated carbocycles. The van der Waals surface area contributed by atoms with Gasteiger partial charge in [0.1, 0.15) is 11.3 Å². The van der Waals surface area contributed by atoms with Gasteiger partial charge in [-0.05, 0) is 18.2 Å². The Bertz CT molecular complexity index is 757. The number of carbonyl (C=O) groups is 1. The molecule has 96 valence electrons. The molecular weight excluding hydrogens is 246 g/mol. The SMILES string of the molecule is COc1ccc2[nH]cc(-c3[nH]ncc3C(=O)O)c2c1. The molecule has 0 radical (unpaired) electrons. The standard InChI is InChI=1S/C13H11N3O3/c1-19-7-2-3-11-8(4-7)9(5-14-11)12-10(13(17)18)6-15-16-12/h2-6,14H,1H3,(H,15,16)(H,17,18). The highest BCUT2D eigenvalue weighted by Gasteiger charge is 2.17. The molecule has 0 fully saturated rings. The molecule has 1 aromatic carbocycles. The van der Waals surface area contributed by atoms with Gasteiger partial charge in [0.15, 0.2) is 0 Å². The number of carboxylic acid groups (broad SMARTS) is 1. The van der Waals surface area contributed by atoms with Crippen LogP contribution in [0, 0.1) is 0 Å². The molecule has 3 aromatic rings. The predicted molar refractivity (Wildman–Crippen MR) is 69.4 cm³/mol. The van der Waals surface area contributed by atoms with E-state index in [1.165, 1.54) is 6.20 Å². The van der Waals surface area contributed by atoms with Crippen LogP contribution in [0.25, 0.3) is 22.2 Å². The number of aromatic amines is 2. The van der Waals surface area contributed by atoms with Crippen LogP contribution in [-0.2, 0) is 0 Å². The monoisotopic (exact) mass is 257 g/mol. The quantitative estimate of drug-likeness (QED) is 0.671. The Morgan fingerprint density at radius 2 is 2.26 bits per heavy atom. The summed E-state index contributed by atoms with van der Waals surface area (Å²) in [7, 11) is 1.59. The lowest BCUT2D eigenvalue weighted by molar-refractivity contribution is 0.0698. The first-order valence-corrected chi connectivity index (χ1v) is 5.63. The van der Waals surface area contributed by atoms with E-state index in [0.29, 0.717) is 11.4 Å². The zero-order chi connectivity index (χ0) is 13.4. The van der Waals surface area contributed by atoms with Gasteiger partial charge in [-0.15, -0.1) is 0 Å². The number of aromatic nitrogens is 3. The smallest absolute Gasteiger partial charge is 0.339 e. The summed E-state index contributed by atoms with van der Waals surface area (Å²) in [5.74, 6) is -0.300. The number of rotatable bonds is 3. The van der Waals surface area contributed by atoms with Crippen molar-refractivity contribution in [1.82, 2.24) is 15.2 Å². The average molecular weight is 257 g/mol. The van der Waals surface area contributed by atoms with Crippen LogP contribution in [-0.4, -0.2) is 33.4 Å². The molecule has 3 rings (SSSR count). The van der Waals surface area contributed by atoms with Crippen molar-refractivity contribution in [2.45, 2.75) is 0 Å². The van der Waals surface area contributed by atoms with Crippen LogP contribution in [0.3, 0.4) is 0 Å². The molecule has 0 spiro atoms. The van der Waals surface area contributed by atoms with Gasteiger partial charge in [-0.25, -0.2) is 4.79 Å². The van der Waals surface area contributed by atoms with Gasteiger partial charge in [-0.1, -0.05) is 0 Å². The zero-order valence-electron chi connectivity index (χ0n) is 10.1. The van der Waals surface area contributed by atoms with Crippen molar-refractivity contribution >= 4 is 16.9 Å². The molecule has 19 heavy (non-hydrogen) atoms. The minimum Gasteiger partial charge on any atom is -0.497 e. The summed E-state index contributed by atoms with van der Waals surface area (Å²) < 4.78 is 5.19. The topological polar surface area (TPSA) is 91.0 Å². The number of fused-ring (bicyclic) bond motifs is 1. The number of carboxylic acids is 1. The molecule has 0 bridgehead atoms. The summed E-state index contributed by atoms with van der Waals surface area (Å²) >= 11 is 0. The number of aromatic carboxylic acids is 1. The molecule has 0 aliphatic heterocycles. The lowest BCUT2D eigenvalue weighted by Crippen LogP contribution is -1.96. The van der Waals surface area contributed by atoms with Gasteiger partial charge in [-0.3, -0.25) is 5.10 Å². The second-order valence-corrected chi connectivity index (χ2v) is 4.08. The molecule has 0 saturated heterocycles. The van der Waals surface area contributed by atoms with E-state index in [9.17, 15) is 4.79 Å². The van der Waals surface area contributed by atoms with Crippen LogP contribution < -0.4 is 4.74 Å². The van der Waals surface area contributed by atoms with Crippen molar-refractivity contribution in [3.63, 3.8) is 0 Å². The summed E-state index contributed by atoms with van der Waals surface area (Å²) in [6, 6.07) is 5.58. The van der Waals surface area contributed by atoms with E-state index in [0.717, 1.165) is 16.5 Å². The fourth-order valence-electron chi connectivity index (χ4n) is 2.09. The third kappa shape index (κ3) is 1.74. The number of benzene rings is 1. The molecule has 0 amide bonds. The maximum atomic E-state index is 11.1. The predicted octanol–water partition coefficient (Wildman–Crippen LogP) is 2.26. The summed E-state index contributed by atoms with van der Waals surface area (Å²) in [5, 5.41) is 16.5. The largest absolute Gasteiger partial charge is 0.497 e. The van der Waals surface area contributed by atoms with Crippen LogP contribution in [0.5, 0.6) is 5.75 Å². The van der Waals surface area contributed by atoms with Crippen molar-refractivity contribution < 1.29 is 14.6 Å². The van der Waals surface area contributed by atoms with Gasteiger partial charge in [0.2, 0.25) is 0 Å². The van der Waals surface area contributed by atoms with E-state index in [-0.39, 0.29) is 5.56 Å². The fourth-order valence-corrected chi connectivity index (χ4v) is 2.09. The van der Waals surface area contributed by atoms with Crippen molar-refractivity contribution in [3.8, 4) is 17.0 Å². The van der Waals surface area contributed by atoms with Crippen molar-refractivity contribution in [1.29, 1.82) is 0 Å². The third-order valence-electron chi connectivity index (χ3n) is 3.03. The number of hydrogen-bond acceptors (Lipinski definition) is 3. The Labute approximate surface area is 108 Å². The molecule has 0 aliphatic rings. The normalized spacial score (nSPS) is 10.8. The van der Waals surface area contributed by atoms with Crippen molar-refractivity contribution in [3.05, 3.63) is 36.2 Å². The highest BCUT2D eigenvalue weighted by atomic mass is 16.5. The second-order valence-electron chi connectivity index (χ2n) is 4.08. The molecule has 3 N–H and O–H groups in total. The van der Waals surface area contributed by atoms with Gasteiger partial charge < -0.3 is 14.8 Å². The van der Waals surface area contributed by atoms with E-state index in [1.54, 1.807) is 13.3 Å². The Kier molecular flexibility index (Phi) is 2.49. The summed E-state index contributed by atoms with van der Waals surface area (Å²) in [4.78, 5) is 14.2. The van der Waals surface area contributed by atoms with Gasteiger partial charge in [0.05, 0.1) is 19.0 Å². The second kappa shape index (κ2) is 4.16. The first kappa shape index (κ1) is 11.3. The van der Waals surface area contributed by atoms with Gasteiger partial charge in [0.25, 0.3) is 0 Å². The highest BCUT2D eigenvalue weighted by molar-refractivity contribution is 6.02. The first-order valence-electron chi connectivity index (χ1n) is 5.63. The molecule has 2 heterocycles. The number of nitrogens with zero attached hydrogens (tertiary/aromatic N) is 1. The lowest BCUT2D eigenvalue weighted by Gasteiger charge is -2.01. The minimum absolute atomic E-state index is 0.142. The van der Waals surface area contributed by atoms with E-state index in [4.69, 9.17) is 9.84 Å². The maximum Gasteiger partial charge on any atom is 0.339 e. The van der Waals surface area contributed by atoms with Gasteiger partial charge >= 0.3 is 5.97 Å². The van der Waals surface area contributed by atoms with E-state index < -0.39 is 5.97 Å². The molecule has 6 heteroatoms. The average Bonchev–Trinajstić information content (AvgIpc) is 3.03. The minimum atomic E-state index is -1.01. The number of H-pyrrole nitrogens is 2. The van der Waals surface area contributed by atoms with Crippen molar-refractivity contribution in [2.75, 3.05) is 7.11 Å². The molecule has 2 aromatic heterocycles. The van der Waals surface area contributed by atoms with Gasteiger partial charge in [-0.2, -0.15) is 5.10 Å². The van der Waals surface area contributed by atoms with Crippen LogP contribution in [0.2, 0.25) is 0 Å². The maximum absolute atomic E-state index is 11.1. The number of hydrogen-bond donors (Lipinski definition) is 3. The van der Waals surface area contributed by atoms with E-state index in [1.807, 2.05) is 18.2 Å². The summed E-state index contributed by atoms with van der Waals surface area (Å²) in [6.07, 6.45) is 3.06. The third-order valence-corrected chi connectivity index (χ3v) is 3.03. The molecule has 0 unspecified atom stereocenters. The molecule has 0 atom stereocenters. The van der Waals surface area contributed by atoms with Crippen LogP contribution in [0.1, 0.15) is 10.4 Å². The van der Waals surface area contributed by atoms with Crippen LogP contribution in [0.4, 0.5) is 0 Å². The van der Waals surface area contributed by atoms with E-state index >= 15 is 0 Å².